The number of aliphatic carboxylic acids is 1. The molecule has 182 valence electrons. The fourth-order valence-electron chi connectivity index (χ4n) is 4.51. The van der Waals surface area contributed by atoms with Crippen LogP contribution in [0.4, 0.5) is 0 Å². The minimum Gasteiger partial charge on any atom is -0.506 e. The Morgan fingerprint density at radius 2 is 1.68 bits per heavy atom. The van der Waals surface area contributed by atoms with E-state index in [9.17, 15) is 15.0 Å². The molecule has 3 aromatic rings. The first-order chi connectivity index (χ1) is 16.3. The zero-order valence-corrected chi connectivity index (χ0v) is 19.5. The predicted octanol–water partition coefficient (Wildman–Crippen LogP) is 2.21. The van der Waals surface area contributed by atoms with Crippen LogP contribution >= 0.6 is 0 Å². The van der Waals surface area contributed by atoms with Gasteiger partial charge in [-0.25, -0.2) is 4.79 Å². The van der Waals surface area contributed by atoms with Crippen LogP contribution in [0, 0.1) is 0 Å². The summed E-state index contributed by atoms with van der Waals surface area (Å²) in [6.07, 6.45) is 3.34. The number of rotatable bonds is 7. The number of aliphatic hydroxyl groups is 2. The van der Waals surface area contributed by atoms with Crippen molar-refractivity contribution in [1.82, 2.24) is 10.3 Å². The normalized spacial score (nSPS) is 13.9. The fraction of sp³-hybridized carbons (Fsp3) is 0.385. The predicted molar refractivity (Wildman–Crippen MR) is 130 cm³/mol. The third-order valence-electron chi connectivity index (χ3n) is 6.22. The summed E-state index contributed by atoms with van der Waals surface area (Å²) in [5.41, 5.74) is 6.49. The van der Waals surface area contributed by atoms with Gasteiger partial charge >= 0.3 is 5.97 Å². The summed E-state index contributed by atoms with van der Waals surface area (Å²) in [6, 6.07) is 11.3. The molecule has 1 atom stereocenters. The Morgan fingerprint density at radius 1 is 1.09 bits per heavy atom. The van der Waals surface area contributed by atoms with Crippen LogP contribution in [0.2, 0.25) is 0 Å². The lowest BCUT2D eigenvalue weighted by Gasteiger charge is -2.18. The van der Waals surface area contributed by atoms with Crippen LogP contribution in [0.25, 0.3) is 10.9 Å². The molecular formula is C26H32N2O6. The van der Waals surface area contributed by atoms with Gasteiger partial charge in [-0.3, -0.25) is 4.79 Å². The first-order valence-corrected chi connectivity index (χ1v) is 11.5. The largest absolute Gasteiger partial charge is 0.506 e. The lowest BCUT2D eigenvalue weighted by Crippen LogP contribution is -2.33. The molecule has 1 aromatic heterocycles. The molecular weight excluding hydrogens is 436 g/mol. The summed E-state index contributed by atoms with van der Waals surface area (Å²) < 4.78 is 0. The number of carboxylic acids is 1. The maximum absolute atomic E-state index is 11.6. The van der Waals surface area contributed by atoms with Crippen molar-refractivity contribution in [2.75, 3.05) is 13.2 Å². The van der Waals surface area contributed by atoms with Crippen molar-refractivity contribution >= 4 is 16.9 Å². The van der Waals surface area contributed by atoms with E-state index in [1.54, 1.807) is 12.1 Å². The van der Waals surface area contributed by atoms with Crippen LogP contribution in [-0.4, -0.2) is 50.6 Å². The van der Waals surface area contributed by atoms with Crippen molar-refractivity contribution in [2.24, 2.45) is 0 Å². The van der Waals surface area contributed by atoms with Crippen LogP contribution < -0.4 is 10.9 Å². The Hall–Kier alpha value is -3.20. The number of aryl methyl sites for hydroxylation is 2. The topological polar surface area (TPSA) is 143 Å². The highest BCUT2D eigenvalue weighted by atomic mass is 16.4. The number of benzene rings is 2. The van der Waals surface area contributed by atoms with E-state index < -0.39 is 18.7 Å². The molecule has 0 saturated carbocycles. The maximum Gasteiger partial charge on any atom is 0.329 e. The first-order valence-electron chi connectivity index (χ1n) is 11.5. The Kier molecular flexibility index (Phi) is 8.44. The van der Waals surface area contributed by atoms with Gasteiger partial charge < -0.3 is 30.7 Å². The Labute approximate surface area is 197 Å². The molecule has 0 saturated heterocycles. The van der Waals surface area contributed by atoms with Gasteiger partial charge in [-0.2, -0.15) is 0 Å². The average molecular weight is 469 g/mol. The van der Waals surface area contributed by atoms with Crippen LogP contribution in [0.15, 0.2) is 41.2 Å². The smallest absolute Gasteiger partial charge is 0.329 e. The number of nitrogens with one attached hydrogen (secondary N) is 2. The molecule has 4 rings (SSSR count). The van der Waals surface area contributed by atoms with E-state index in [2.05, 4.69) is 36.3 Å². The van der Waals surface area contributed by atoms with Crippen molar-refractivity contribution in [2.45, 2.75) is 51.7 Å². The lowest BCUT2D eigenvalue weighted by molar-refractivity contribution is -0.140. The number of aliphatic hydroxyl groups excluding tert-OH is 2. The average Bonchev–Trinajstić information content (AvgIpc) is 3.24. The second kappa shape index (κ2) is 11.3. The van der Waals surface area contributed by atoms with Crippen molar-refractivity contribution in [3.05, 3.63) is 74.6 Å². The molecule has 2 aromatic carbocycles. The SMILES string of the molecule is CCc1cc2c(cc1CC)CC(NC[C@H](O)c1ccc(O)c3[nH]c(=O)ccc13)C2.O=C(O)CO. The van der Waals surface area contributed by atoms with Gasteiger partial charge in [-0.15, -0.1) is 0 Å². The Morgan fingerprint density at radius 3 is 2.21 bits per heavy atom. The molecule has 1 aliphatic rings. The summed E-state index contributed by atoms with van der Waals surface area (Å²) in [6.45, 7) is 4.05. The van der Waals surface area contributed by atoms with Gasteiger partial charge in [0.2, 0.25) is 5.56 Å². The number of phenolic OH excluding ortho intramolecular Hbond substituents is 1. The fourth-order valence-corrected chi connectivity index (χ4v) is 4.51. The van der Waals surface area contributed by atoms with Gasteiger partial charge in [0.25, 0.3) is 0 Å². The zero-order chi connectivity index (χ0) is 24.8. The van der Waals surface area contributed by atoms with Gasteiger partial charge in [0.05, 0.1) is 11.6 Å². The minimum atomic E-state index is -1.19. The number of aromatic hydroxyl groups is 1. The Balaban J connectivity index is 0.000000588. The Bertz CT molecular complexity index is 1190. The maximum atomic E-state index is 11.6. The van der Waals surface area contributed by atoms with Gasteiger partial charge in [-0.05, 0) is 65.6 Å². The standard InChI is InChI=1S/C24H28N2O3.C2H4O3/c1-3-14-9-16-11-18(12-17(16)10-15(14)4-2)25-13-22(28)19-5-7-21(27)24-20(19)6-8-23(29)26-24;3-1-2(4)5/h5-10,18,22,25,27-28H,3-4,11-13H2,1-2H3,(H,26,29);3H,1H2,(H,4,5)/t22-;/m0./s1. The van der Waals surface area contributed by atoms with Crippen molar-refractivity contribution in [1.29, 1.82) is 0 Å². The number of fused-ring (bicyclic) bond motifs is 2. The molecule has 6 N–H and O–H groups in total. The molecule has 34 heavy (non-hydrogen) atoms. The van der Waals surface area contributed by atoms with Crippen LogP contribution in [0.3, 0.4) is 0 Å². The van der Waals surface area contributed by atoms with E-state index in [1.807, 2.05) is 0 Å². The number of phenols is 1. The zero-order valence-electron chi connectivity index (χ0n) is 19.5. The molecule has 0 spiro atoms. The van der Waals surface area contributed by atoms with Crippen LogP contribution in [0.5, 0.6) is 5.75 Å². The molecule has 0 aliphatic heterocycles. The summed E-state index contributed by atoms with van der Waals surface area (Å²) in [4.78, 5) is 23.3. The van der Waals surface area contributed by atoms with E-state index in [4.69, 9.17) is 15.0 Å². The lowest BCUT2D eigenvalue weighted by atomic mass is 9.97. The highest BCUT2D eigenvalue weighted by molar-refractivity contribution is 5.87. The van der Waals surface area contributed by atoms with E-state index >= 15 is 0 Å². The van der Waals surface area contributed by atoms with Gasteiger partial charge in [-0.1, -0.05) is 32.0 Å². The molecule has 8 nitrogen and oxygen atoms in total. The molecule has 0 bridgehead atoms. The summed E-state index contributed by atoms with van der Waals surface area (Å²) in [5, 5.41) is 40.0. The molecule has 0 unspecified atom stereocenters. The van der Waals surface area contributed by atoms with Crippen molar-refractivity contribution in [3.63, 3.8) is 0 Å². The van der Waals surface area contributed by atoms with Gasteiger partial charge in [0, 0.05) is 24.0 Å². The molecule has 0 fully saturated rings. The summed E-state index contributed by atoms with van der Waals surface area (Å²) in [7, 11) is 0. The number of aromatic amines is 1. The van der Waals surface area contributed by atoms with E-state index in [0.717, 1.165) is 25.7 Å². The van der Waals surface area contributed by atoms with Crippen molar-refractivity contribution < 1.29 is 25.2 Å². The number of H-pyrrole nitrogens is 1. The van der Waals surface area contributed by atoms with Gasteiger partial charge in [0.1, 0.15) is 12.4 Å². The van der Waals surface area contributed by atoms with Crippen LogP contribution in [0.1, 0.15) is 47.8 Å². The number of hydrogen-bond donors (Lipinski definition) is 6. The second-order valence-electron chi connectivity index (χ2n) is 8.46. The highest BCUT2D eigenvalue weighted by Gasteiger charge is 2.24. The first kappa shape index (κ1) is 25.4. The van der Waals surface area contributed by atoms with E-state index in [0.29, 0.717) is 29.1 Å². The minimum absolute atomic E-state index is 0.00584. The van der Waals surface area contributed by atoms with Crippen LogP contribution in [-0.2, 0) is 30.5 Å². The number of carboxylic acid groups (broad SMARTS) is 1. The van der Waals surface area contributed by atoms with E-state index in [-0.39, 0.29) is 11.3 Å². The van der Waals surface area contributed by atoms with Crippen molar-refractivity contribution in [3.8, 4) is 5.75 Å². The second-order valence-corrected chi connectivity index (χ2v) is 8.46. The molecule has 0 amide bonds. The summed E-state index contributed by atoms with van der Waals surface area (Å²) >= 11 is 0. The number of pyridine rings is 1. The molecule has 8 heteroatoms. The quantitative estimate of drug-likeness (QED) is 0.312. The third-order valence-corrected chi connectivity index (χ3v) is 6.22. The number of aromatic nitrogens is 1. The number of carbonyl (C=O) groups is 1. The highest BCUT2D eigenvalue weighted by Crippen LogP contribution is 2.30. The molecule has 1 heterocycles. The molecule has 1 aliphatic carbocycles. The van der Waals surface area contributed by atoms with Gasteiger partial charge in [0.15, 0.2) is 0 Å². The summed E-state index contributed by atoms with van der Waals surface area (Å²) in [5.74, 6) is -1.18. The molecule has 0 radical (unpaired) electrons. The van der Waals surface area contributed by atoms with E-state index in [1.165, 1.54) is 34.4 Å². The number of hydrogen-bond acceptors (Lipinski definition) is 6. The monoisotopic (exact) mass is 468 g/mol. The third kappa shape index (κ3) is 5.83.